The second-order valence-electron chi connectivity index (χ2n) is 7.86. The summed E-state index contributed by atoms with van der Waals surface area (Å²) in [6, 6.07) is 8.67. The minimum Gasteiger partial charge on any atom is -0.367 e. The molecule has 0 atom stereocenters. The Kier molecular flexibility index (Phi) is 3.41. The van der Waals surface area contributed by atoms with Gasteiger partial charge in [0.05, 0.1) is 22.4 Å². The molecular formula is C22H20F2N4. The second kappa shape index (κ2) is 5.88. The van der Waals surface area contributed by atoms with Crippen molar-refractivity contribution in [1.29, 1.82) is 0 Å². The Morgan fingerprint density at radius 1 is 1.00 bits per heavy atom. The molecule has 0 radical (unpaired) electrons. The zero-order valence-electron chi connectivity index (χ0n) is 15.4. The van der Waals surface area contributed by atoms with E-state index >= 15 is 4.39 Å². The van der Waals surface area contributed by atoms with Crippen molar-refractivity contribution in [3.8, 4) is 11.3 Å². The molecule has 4 aliphatic rings. The van der Waals surface area contributed by atoms with Crippen LogP contribution in [0.4, 0.5) is 14.5 Å². The van der Waals surface area contributed by atoms with Crippen molar-refractivity contribution in [2.24, 2.45) is 0 Å². The summed E-state index contributed by atoms with van der Waals surface area (Å²) in [5, 5.41) is 4.91. The van der Waals surface area contributed by atoms with Crippen LogP contribution in [0.1, 0.15) is 18.9 Å². The number of nitrogens with one attached hydrogen (secondary N) is 1. The van der Waals surface area contributed by atoms with Crippen molar-refractivity contribution in [1.82, 2.24) is 14.9 Å². The van der Waals surface area contributed by atoms with Crippen molar-refractivity contribution in [3.05, 3.63) is 48.2 Å². The number of anilines is 1. The standard InChI is InChI=1S/C22H20F2N4/c23-13-1-4-19-15(9-13)17-12-28(14-2-3-14)20-11-21(27-7-5-25-6-8-27)18(24)10-16(20)22(17)26-19/h1,4,9-12,14,25H,2-3,5-8H2. The van der Waals surface area contributed by atoms with Crippen molar-refractivity contribution >= 4 is 27.5 Å². The molecule has 2 aromatic carbocycles. The number of fused-ring (bicyclic) bond motifs is 5. The van der Waals surface area contributed by atoms with Gasteiger partial charge in [0.25, 0.3) is 0 Å². The summed E-state index contributed by atoms with van der Waals surface area (Å²) >= 11 is 0. The van der Waals surface area contributed by atoms with Gasteiger partial charge < -0.3 is 14.8 Å². The largest absolute Gasteiger partial charge is 0.367 e. The van der Waals surface area contributed by atoms with Crippen LogP contribution in [0, 0.1) is 11.6 Å². The van der Waals surface area contributed by atoms with Gasteiger partial charge in [-0.1, -0.05) is 0 Å². The molecule has 6 heteroatoms. The Balaban J connectivity index is 1.66. The summed E-state index contributed by atoms with van der Waals surface area (Å²) in [4.78, 5) is 6.83. The second-order valence-corrected chi connectivity index (χ2v) is 7.86. The molecule has 2 fully saturated rings. The van der Waals surface area contributed by atoms with E-state index in [9.17, 15) is 4.39 Å². The number of nitrogens with zero attached hydrogens (tertiary/aromatic N) is 3. The van der Waals surface area contributed by atoms with Crippen molar-refractivity contribution < 1.29 is 8.78 Å². The molecule has 1 aliphatic carbocycles. The first-order chi connectivity index (χ1) is 13.7. The first kappa shape index (κ1) is 16.2. The number of hydrogen-bond acceptors (Lipinski definition) is 3. The lowest BCUT2D eigenvalue weighted by Gasteiger charge is -2.30. The van der Waals surface area contributed by atoms with E-state index in [1.54, 1.807) is 12.1 Å². The summed E-state index contributed by atoms with van der Waals surface area (Å²) in [5.41, 5.74) is 4.05. The maximum Gasteiger partial charge on any atom is 0.147 e. The predicted octanol–water partition coefficient (Wildman–Crippen LogP) is 4.32. The molecule has 0 bridgehead atoms. The molecular weight excluding hydrogens is 358 g/mol. The smallest absolute Gasteiger partial charge is 0.147 e. The Labute approximate surface area is 161 Å². The summed E-state index contributed by atoms with van der Waals surface area (Å²) in [5.74, 6) is -0.498. The van der Waals surface area contributed by atoms with Crippen LogP contribution >= 0.6 is 0 Å². The molecule has 142 valence electrons. The van der Waals surface area contributed by atoms with Crippen LogP contribution in [0.2, 0.25) is 0 Å². The first-order valence-corrected chi connectivity index (χ1v) is 9.88. The number of rotatable bonds is 2. The molecule has 1 saturated carbocycles. The molecule has 28 heavy (non-hydrogen) atoms. The molecule has 0 aromatic heterocycles. The van der Waals surface area contributed by atoms with E-state index in [1.165, 1.54) is 12.1 Å². The van der Waals surface area contributed by atoms with Gasteiger partial charge >= 0.3 is 0 Å². The fraction of sp³-hybridized carbons (Fsp3) is 0.318. The highest BCUT2D eigenvalue weighted by atomic mass is 19.1. The number of piperazine rings is 1. The van der Waals surface area contributed by atoms with Gasteiger partial charge in [-0.3, -0.25) is 0 Å². The zero-order chi connectivity index (χ0) is 18.8. The fourth-order valence-corrected chi connectivity index (χ4v) is 4.43. The molecule has 6 rings (SSSR count). The number of pyridine rings is 1. The summed E-state index contributed by atoms with van der Waals surface area (Å²) in [6.07, 6.45) is 4.32. The first-order valence-electron chi connectivity index (χ1n) is 9.88. The van der Waals surface area contributed by atoms with Gasteiger partial charge in [-0.2, -0.15) is 0 Å². The average Bonchev–Trinajstić information content (AvgIpc) is 3.49. The van der Waals surface area contributed by atoms with E-state index in [1.807, 2.05) is 6.07 Å². The molecule has 0 amide bonds. The highest BCUT2D eigenvalue weighted by Crippen LogP contribution is 2.44. The molecule has 4 nitrogen and oxygen atoms in total. The number of aromatic nitrogens is 2. The van der Waals surface area contributed by atoms with Crippen LogP contribution in [0.3, 0.4) is 0 Å². The van der Waals surface area contributed by atoms with Crippen LogP contribution < -0.4 is 10.2 Å². The highest BCUT2D eigenvalue weighted by Gasteiger charge is 2.28. The van der Waals surface area contributed by atoms with Gasteiger partial charge in [0, 0.05) is 54.8 Å². The number of halogens is 2. The van der Waals surface area contributed by atoms with Gasteiger partial charge in [0.2, 0.25) is 0 Å². The maximum atomic E-state index is 15.1. The van der Waals surface area contributed by atoms with Crippen molar-refractivity contribution in [3.63, 3.8) is 0 Å². The van der Waals surface area contributed by atoms with E-state index < -0.39 is 0 Å². The lowest BCUT2D eigenvalue weighted by atomic mass is 10.0. The van der Waals surface area contributed by atoms with Gasteiger partial charge in [-0.05, 0) is 43.2 Å². The normalized spacial score (nSPS) is 17.9. The van der Waals surface area contributed by atoms with Gasteiger partial charge in [-0.15, -0.1) is 0 Å². The maximum absolute atomic E-state index is 15.1. The molecule has 3 aliphatic heterocycles. The minimum absolute atomic E-state index is 0.220. The van der Waals surface area contributed by atoms with Crippen molar-refractivity contribution in [2.45, 2.75) is 18.9 Å². The number of benzene rings is 2. The Morgan fingerprint density at radius 3 is 2.61 bits per heavy atom. The van der Waals surface area contributed by atoms with E-state index in [0.29, 0.717) is 11.7 Å². The number of hydrogen-bond donors (Lipinski definition) is 1. The molecule has 1 N–H and O–H groups in total. The lowest BCUT2D eigenvalue weighted by Crippen LogP contribution is -2.43. The molecule has 1 saturated heterocycles. The highest BCUT2D eigenvalue weighted by molar-refractivity contribution is 6.07. The van der Waals surface area contributed by atoms with E-state index in [4.69, 9.17) is 4.98 Å². The summed E-state index contributed by atoms with van der Waals surface area (Å²) in [7, 11) is 0. The van der Waals surface area contributed by atoms with Crippen LogP contribution in [0.5, 0.6) is 0 Å². The summed E-state index contributed by atoms with van der Waals surface area (Å²) in [6.45, 7) is 3.32. The Hall–Kier alpha value is -2.73. The molecule has 3 heterocycles. The monoisotopic (exact) mass is 378 g/mol. The molecule has 0 unspecified atom stereocenters. The van der Waals surface area contributed by atoms with Gasteiger partial charge in [-0.25, -0.2) is 13.8 Å². The average molecular weight is 378 g/mol. The van der Waals surface area contributed by atoms with E-state index in [-0.39, 0.29) is 11.6 Å². The fourth-order valence-electron chi connectivity index (χ4n) is 4.43. The van der Waals surface area contributed by atoms with Gasteiger partial charge in [0.1, 0.15) is 11.6 Å². The predicted molar refractivity (Wildman–Crippen MR) is 107 cm³/mol. The van der Waals surface area contributed by atoms with E-state index in [2.05, 4.69) is 21.0 Å². The third-order valence-corrected chi connectivity index (χ3v) is 6.00. The van der Waals surface area contributed by atoms with Gasteiger partial charge in [0.15, 0.2) is 0 Å². The Bertz CT molecular complexity index is 1190. The van der Waals surface area contributed by atoms with Crippen LogP contribution in [0.25, 0.3) is 33.1 Å². The molecule has 2 aromatic rings. The van der Waals surface area contributed by atoms with Crippen LogP contribution in [-0.2, 0) is 0 Å². The van der Waals surface area contributed by atoms with Crippen LogP contribution in [0.15, 0.2) is 36.5 Å². The SMILES string of the molecule is Fc1ccc2nc3c4cc(F)c(N5CCNCC5)cc4n(C4CC4)cc-3c2c1. The minimum atomic E-state index is -0.278. The third kappa shape index (κ3) is 2.41. The lowest BCUT2D eigenvalue weighted by molar-refractivity contribution is 0.567. The zero-order valence-corrected chi connectivity index (χ0v) is 15.4. The quantitative estimate of drug-likeness (QED) is 0.564. The third-order valence-electron chi connectivity index (χ3n) is 6.00. The Morgan fingerprint density at radius 2 is 1.82 bits per heavy atom. The van der Waals surface area contributed by atoms with Crippen LogP contribution in [-0.4, -0.2) is 35.7 Å². The van der Waals surface area contributed by atoms with Crippen molar-refractivity contribution in [2.75, 3.05) is 31.1 Å². The molecule has 0 spiro atoms. The topological polar surface area (TPSA) is 33.1 Å². The summed E-state index contributed by atoms with van der Waals surface area (Å²) < 4.78 is 31.2. The van der Waals surface area contributed by atoms with E-state index in [0.717, 1.165) is 72.1 Å².